The van der Waals surface area contributed by atoms with Gasteiger partial charge in [-0.2, -0.15) is 0 Å². The first-order chi connectivity index (χ1) is 6.89. The van der Waals surface area contributed by atoms with Crippen LogP contribution in [0.1, 0.15) is 19.3 Å². The summed E-state index contributed by atoms with van der Waals surface area (Å²) in [6.07, 6.45) is 5.66. The maximum absolute atomic E-state index is 10.8. The molecule has 0 aliphatic heterocycles. The fourth-order valence-corrected chi connectivity index (χ4v) is 2.13. The van der Waals surface area contributed by atoms with Gasteiger partial charge >= 0.3 is 7.82 Å². The van der Waals surface area contributed by atoms with Crippen molar-refractivity contribution in [3.63, 3.8) is 0 Å². The van der Waals surface area contributed by atoms with E-state index >= 15 is 0 Å². The molecule has 0 spiro atoms. The lowest BCUT2D eigenvalue weighted by atomic mass is 9.92. The molecule has 4 nitrogen and oxygen atoms in total. The van der Waals surface area contributed by atoms with Gasteiger partial charge in [0.15, 0.2) is 0 Å². The molecule has 0 saturated heterocycles. The number of hydrogen-bond donors (Lipinski definition) is 2. The summed E-state index contributed by atoms with van der Waals surface area (Å²) in [4.78, 5) is 17.6. The van der Waals surface area contributed by atoms with Crippen LogP contribution in [-0.2, 0) is 9.09 Å². The van der Waals surface area contributed by atoms with Crippen molar-refractivity contribution in [1.29, 1.82) is 0 Å². The van der Waals surface area contributed by atoms with Crippen LogP contribution in [-0.4, -0.2) is 15.4 Å². The van der Waals surface area contributed by atoms with E-state index in [9.17, 15) is 4.57 Å². The van der Waals surface area contributed by atoms with Gasteiger partial charge in [0.1, 0.15) is 0 Å². The van der Waals surface area contributed by atoms with Gasteiger partial charge in [-0.15, -0.1) is 19.7 Å². The van der Waals surface area contributed by atoms with Crippen molar-refractivity contribution in [2.45, 2.75) is 24.9 Å². The zero-order chi connectivity index (χ0) is 11.9. The van der Waals surface area contributed by atoms with Gasteiger partial charge < -0.3 is 9.79 Å². The molecule has 0 aliphatic carbocycles. The monoisotopic (exact) mass is 232 g/mol. The van der Waals surface area contributed by atoms with E-state index in [0.29, 0.717) is 19.3 Å². The quantitative estimate of drug-likeness (QED) is 0.498. The Labute approximate surface area is 90.2 Å². The second kappa shape index (κ2) is 6.03. The van der Waals surface area contributed by atoms with E-state index in [2.05, 4.69) is 19.7 Å². The molecular formula is C10H17O4P. The normalized spacial score (nSPS) is 12.1. The second-order valence-electron chi connectivity index (χ2n) is 3.24. The van der Waals surface area contributed by atoms with Gasteiger partial charge in [-0.25, -0.2) is 4.57 Å². The van der Waals surface area contributed by atoms with Crippen molar-refractivity contribution < 1.29 is 18.9 Å². The van der Waals surface area contributed by atoms with E-state index < -0.39 is 13.4 Å². The summed E-state index contributed by atoms with van der Waals surface area (Å²) in [5, 5.41) is 0. The Kier molecular flexibility index (Phi) is 5.76. The highest BCUT2D eigenvalue weighted by atomic mass is 31.2. The number of phosphoric ester groups is 1. The molecule has 0 atom stereocenters. The largest absolute Gasteiger partial charge is 0.470 e. The van der Waals surface area contributed by atoms with Crippen molar-refractivity contribution >= 4 is 7.82 Å². The van der Waals surface area contributed by atoms with E-state index in [1.165, 1.54) is 0 Å². The van der Waals surface area contributed by atoms with Crippen LogP contribution >= 0.6 is 7.82 Å². The highest BCUT2D eigenvalue weighted by molar-refractivity contribution is 7.46. The van der Waals surface area contributed by atoms with E-state index in [-0.39, 0.29) is 0 Å². The van der Waals surface area contributed by atoms with Gasteiger partial charge in [-0.1, -0.05) is 18.2 Å². The smallest absolute Gasteiger partial charge is 0.303 e. The molecule has 0 radical (unpaired) electrons. The minimum atomic E-state index is -4.52. The molecule has 0 aromatic carbocycles. The highest BCUT2D eigenvalue weighted by Crippen LogP contribution is 2.45. The van der Waals surface area contributed by atoms with Crippen LogP contribution in [0.4, 0.5) is 0 Å². The van der Waals surface area contributed by atoms with E-state index in [0.717, 1.165) is 0 Å². The Morgan fingerprint density at radius 2 is 1.40 bits per heavy atom. The molecule has 2 N–H and O–H groups in total. The average Bonchev–Trinajstić information content (AvgIpc) is 2.01. The number of hydrogen-bond acceptors (Lipinski definition) is 2. The standard InChI is InChI=1S/C10H17O4P/c1-4-7-10(8-5-2,9-6-3)14-15(11,12)13/h4-6H,1-3,7-9H2,(H2,11,12,13). The van der Waals surface area contributed by atoms with Crippen LogP contribution < -0.4 is 0 Å². The third-order valence-corrected chi connectivity index (χ3v) is 2.49. The van der Waals surface area contributed by atoms with Crippen molar-refractivity contribution in [1.82, 2.24) is 0 Å². The van der Waals surface area contributed by atoms with Crippen LogP contribution in [0.3, 0.4) is 0 Å². The van der Waals surface area contributed by atoms with Crippen LogP contribution in [0.25, 0.3) is 0 Å². The Bertz CT molecular complexity index is 253. The lowest BCUT2D eigenvalue weighted by Crippen LogP contribution is -2.29. The zero-order valence-electron chi connectivity index (χ0n) is 8.63. The maximum Gasteiger partial charge on any atom is 0.470 e. The van der Waals surface area contributed by atoms with Crippen LogP contribution in [0.15, 0.2) is 38.0 Å². The second-order valence-corrected chi connectivity index (χ2v) is 4.41. The Morgan fingerprint density at radius 3 is 1.60 bits per heavy atom. The molecule has 0 rings (SSSR count). The Morgan fingerprint density at radius 1 is 1.07 bits per heavy atom. The molecule has 0 aliphatic rings. The summed E-state index contributed by atoms with van der Waals surface area (Å²) in [5.41, 5.74) is -0.982. The molecule has 5 heteroatoms. The first-order valence-electron chi connectivity index (χ1n) is 4.48. The molecule has 0 heterocycles. The van der Waals surface area contributed by atoms with Crippen molar-refractivity contribution in [2.24, 2.45) is 0 Å². The fourth-order valence-electron chi connectivity index (χ4n) is 1.40. The van der Waals surface area contributed by atoms with Gasteiger partial charge in [0.2, 0.25) is 0 Å². The number of rotatable bonds is 8. The minimum Gasteiger partial charge on any atom is -0.303 e. The molecule has 86 valence electrons. The Balaban J connectivity index is 4.90. The molecule has 15 heavy (non-hydrogen) atoms. The zero-order valence-corrected chi connectivity index (χ0v) is 9.53. The first-order valence-corrected chi connectivity index (χ1v) is 6.01. The van der Waals surface area contributed by atoms with Crippen molar-refractivity contribution in [3.05, 3.63) is 38.0 Å². The predicted molar refractivity (Wildman–Crippen MR) is 60.3 cm³/mol. The summed E-state index contributed by atoms with van der Waals surface area (Å²) < 4.78 is 15.6. The first kappa shape index (κ1) is 14.3. The van der Waals surface area contributed by atoms with Crippen LogP contribution in [0.5, 0.6) is 0 Å². The fraction of sp³-hybridized carbons (Fsp3) is 0.400. The molecule has 0 fully saturated rings. The van der Waals surface area contributed by atoms with Gasteiger partial charge in [-0.05, 0) is 19.3 Å². The van der Waals surface area contributed by atoms with E-state index in [4.69, 9.17) is 14.3 Å². The lowest BCUT2D eigenvalue weighted by Gasteiger charge is -2.30. The molecule has 0 saturated carbocycles. The SMILES string of the molecule is C=CCC(CC=C)(CC=C)OP(=O)(O)O. The van der Waals surface area contributed by atoms with E-state index in [1.807, 2.05) is 0 Å². The van der Waals surface area contributed by atoms with Gasteiger partial charge in [0.05, 0.1) is 5.60 Å². The molecule has 0 bridgehead atoms. The highest BCUT2D eigenvalue weighted by Gasteiger charge is 2.34. The molecule has 0 amide bonds. The lowest BCUT2D eigenvalue weighted by molar-refractivity contribution is 0.0408. The van der Waals surface area contributed by atoms with Crippen molar-refractivity contribution in [3.8, 4) is 0 Å². The average molecular weight is 232 g/mol. The number of phosphoric acid groups is 1. The maximum atomic E-state index is 10.8. The summed E-state index contributed by atoms with van der Waals surface area (Å²) in [5.74, 6) is 0. The summed E-state index contributed by atoms with van der Waals surface area (Å²) in [6.45, 7) is 10.6. The van der Waals surface area contributed by atoms with Crippen LogP contribution in [0, 0.1) is 0 Å². The predicted octanol–water partition coefficient (Wildman–Crippen LogP) is 2.56. The third kappa shape index (κ3) is 5.70. The van der Waals surface area contributed by atoms with Gasteiger partial charge in [-0.3, -0.25) is 4.52 Å². The minimum absolute atomic E-state index is 0.330. The molecule has 0 unspecified atom stereocenters. The summed E-state index contributed by atoms with van der Waals surface area (Å²) in [6, 6.07) is 0. The Hall–Kier alpha value is -0.670. The topological polar surface area (TPSA) is 66.8 Å². The van der Waals surface area contributed by atoms with Gasteiger partial charge in [0.25, 0.3) is 0 Å². The summed E-state index contributed by atoms with van der Waals surface area (Å²) >= 11 is 0. The van der Waals surface area contributed by atoms with Gasteiger partial charge in [0, 0.05) is 0 Å². The summed E-state index contributed by atoms with van der Waals surface area (Å²) in [7, 11) is -4.52. The van der Waals surface area contributed by atoms with Crippen molar-refractivity contribution in [2.75, 3.05) is 0 Å². The van der Waals surface area contributed by atoms with E-state index in [1.54, 1.807) is 18.2 Å². The van der Waals surface area contributed by atoms with Crippen LogP contribution in [0.2, 0.25) is 0 Å². The molecule has 0 aromatic heterocycles. The third-order valence-electron chi connectivity index (χ3n) is 1.86. The molecule has 0 aromatic rings. The molecular weight excluding hydrogens is 215 g/mol.